The van der Waals surface area contributed by atoms with Crippen molar-refractivity contribution in [3.8, 4) is 5.75 Å². The van der Waals surface area contributed by atoms with Gasteiger partial charge in [-0.25, -0.2) is 4.68 Å². The number of amides is 3. The summed E-state index contributed by atoms with van der Waals surface area (Å²) < 4.78 is 13.7. The van der Waals surface area contributed by atoms with Gasteiger partial charge in [0.2, 0.25) is 5.91 Å². The van der Waals surface area contributed by atoms with E-state index in [0.717, 1.165) is 53.1 Å². The molecule has 0 saturated heterocycles. The molecule has 1 heterocycles. The molecule has 1 saturated carbocycles. The van der Waals surface area contributed by atoms with Crippen molar-refractivity contribution in [2.24, 2.45) is 0 Å². The molecule has 3 atom stereocenters. The lowest BCUT2D eigenvalue weighted by molar-refractivity contribution is -0.124. The fourth-order valence-electron chi connectivity index (χ4n) is 7.05. The van der Waals surface area contributed by atoms with Gasteiger partial charge in [0.25, 0.3) is 11.8 Å². The number of carbonyl (C=O) groups is 3. The van der Waals surface area contributed by atoms with E-state index in [1.54, 1.807) is 18.2 Å². The van der Waals surface area contributed by atoms with E-state index in [2.05, 4.69) is 21.0 Å². The Bertz CT molecular complexity index is 2230. The molecule has 0 radical (unpaired) electrons. The molecule has 5 aromatic carbocycles. The Kier molecular flexibility index (Phi) is 11.9. The fraction of sp³-hybridized carbons (Fsp3) is 0.244. The predicted octanol–water partition coefficient (Wildman–Crippen LogP) is 8.00. The second-order valence-corrected chi connectivity index (χ2v) is 13.9. The molecule has 7 rings (SSSR count). The Morgan fingerprint density at radius 3 is 2.24 bits per heavy atom. The van der Waals surface area contributed by atoms with E-state index in [-0.39, 0.29) is 42.0 Å². The maximum atomic E-state index is 14.0. The number of hydrogen-bond donors (Lipinski definition) is 3. The first-order chi connectivity index (χ1) is 26.9. The molecule has 10 heteroatoms. The number of anilines is 1. The van der Waals surface area contributed by atoms with Crippen LogP contribution in [-0.4, -0.2) is 39.6 Å². The molecular weight excluding hydrogens is 691 g/mol. The summed E-state index contributed by atoms with van der Waals surface area (Å²) in [7, 11) is 0. The standard InChI is InChI=1S/C45H45N5O5/c1-31(35-22-14-20-34-19-8-9-21-36(34)35)46-44(52)39-27-40(45(53)48-38-24-11-13-26-42(38)55-30-33-17-6-3-7-18-33)50(49-39)28-43(51)47-37-23-10-12-25-41(37)54-29-32-15-4-2-5-16-32/h2-9,11,13-22,24,26-27,31,37,41H,10,12,23,25,28-30H2,1H3,(H,46,52)(H,47,51)(H,48,53)/t31-,37+,41+/m1/s1. The number of carbonyl (C=O) groups excluding carboxylic acids is 3. The summed E-state index contributed by atoms with van der Waals surface area (Å²) in [4.78, 5) is 41.5. The minimum atomic E-state index is -0.543. The molecule has 280 valence electrons. The van der Waals surface area contributed by atoms with Crippen molar-refractivity contribution in [1.82, 2.24) is 20.4 Å². The highest BCUT2D eigenvalue weighted by Gasteiger charge is 2.29. The summed E-state index contributed by atoms with van der Waals surface area (Å²) in [6, 6.07) is 41.7. The van der Waals surface area contributed by atoms with Crippen LogP contribution in [0.1, 0.15) is 76.3 Å². The molecule has 0 bridgehead atoms. The van der Waals surface area contributed by atoms with Crippen LogP contribution in [0.25, 0.3) is 10.8 Å². The van der Waals surface area contributed by atoms with Crippen LogP contribution in [0.15, 0.2) is 133 Å². The van der Waals surface area contributed by atoms with Gasteiger partial charge in [-0.3, -0.25) is 14.4 Å². The third kappa shape index (κ3) is 9.46. The van der Waals surface area contributed by atoms with Crippen molar-refractivity contribution in [3.05, 3.63) is 162 Å². The summed E-state index contributed by atoms with van der Waals surface area (Å²) in [5.74, 6) is -0.870. The predicted molar refractivity (Wildman–Crippen MR) is 213 cm³/mol. The van der Waals surface area contributed by atoms with Crippen molar-refractivity contribution in [2.45, 2.75) is 70.6 Å². The van der Waals surface area contributed by atoms with Crippen LogP contribution in [0.2, 0.25) is 0 Å². The van der Waals surface area contributed by atoms with Gasteiger partial charge in [0.1, 0.15) is 24.6 Å². The third-order valence-corrected chi connectivity index (χ3v) is 9.90. The molecule has 0 aliphatic heterocycles. The molecule has 6 aromatic rings. The first-order valence-electron chi connectivity index (χ1n) is 18.8. The van der Waals surface area contributed by atoms with Gasteiger partial charge >= 0.3 is 0 Å². The SMILES string of the molecule is C[C@@H](NC(=O)c1cc(C(=O)Nc2ccccc2OCc2ccccc2)n(CC(=O)N[C@H]2CCCC[C@@H]2OCc2ccccc2)n1)c1cccc2ccccc12. The number of aromatic nitrogens is 2. The van der Waals surface area contributed by atoms with Gasteiger partial charge in [-0.2, -0.15) is 5.10 Å². The number of ether oxygens (including phenoxy) is 2. The fourth-order valence-corrected chi connectivity index (χ4v) is 7.05. The van der Waals surface area contributed by atoms with Gasteiger partial charge in [-0.15, -0.1) is 0 Å². The second-order valence-electron chi connectivity index (χ2n) is 13.9. The maximum absolute atomic E-state index is 14.0. The normalized spacial score (nSPS) is 15.9. The van der Waals surface area contributed by atoms with Gasteiger partial charge in [-0.05, 0) is 59.4 Å². The Morgan fingerprint density at radius 2 is 1.44 bits per heavy atom. The Labute approximate surface area is 320 Å². The Balaban J connectivity index is 1.10. The number of rotatable bonds is 14. The number of fused-ring (bicyclic) bond motifs is 1. The largest absolute Gasteiger partial charge is 0.487 e. The highest BCUT2D eigenvalue weighted by Crippen LogP contribution is 2.27. The number of nitrogens with zero attached hydrogens (tertiary/aromatic N) is 2. The molecule has 10 nitrogen and oxygen atoms in total. The molecule has 1 fully saturated rings. The molecule has 3 N–H and O–H groups in total. The van der Waals surface area contributed by atoms with Crippen molar-refractivity contribution in [2.75, 3.05) is 5.32 Å². The lowest BCUT2D eigenvalue weighted by atomic mass is 9.92. The highest BCUT2D eigenvalue weighted by molar-refractivity contribution is 6.06. The molecule has 1 aliphatic carbocycles. The molecule has 1 aromatic heterocycles. The zero-order valence-corrected chi connectivity index (χ0v) is 30.8. The second kappa shape index (κ2) is 17.7. The van der Waals surface area contributed by atoms with Gasteiger partial charge in [0.15, 0.2) is 5.69 Å². The van der Waals surface area contributed by atoms with Crippen LogP contribution in [0.4, 0.5) is 5.69 Å². The quantitative estimate of drug-likeness (QED) is 0.104. The Hall–Kier alpha value is -6.26. The van der Waals surface area contributed by atoms with Crippen LogP contribution in [0, 0.1) is 0 Å². The first-order valence-corrected chi connectivity index (χ1v) is 18.8. The number of hydrogen-bond acceptors (Lipinski definition) is 6. The minimum absolute atomic E-state index is 0.0142. The van der Waals surface area contributed by atoms with Crippen LogP contribution in [0.3, 0.4) is 0 Å². The highest BCUT2D eigenvalue weighted by atomic mass is 16.5. The monoisotopic (exact) mass is 735 g/mol. The summed E-state index contributed by atoms with van der Waals surface area (Å²) in [5, 5.41) is 15.7. The summed E-state index contributed by atoms with van der Waals surface area (Å²) in [6.45, 7) is 2.39. The van der Waals surface area contributed by atoms with Crippen LogP contribution in [-0.2, 0) is 29.3 Å². The number of benzene rings is 5. The van der Waals surface area contributed by atoms with E-state index in [1.807, 2.05) is 116 Å². The van der Waals surface area contributed by atoms with Crippen molar-refractivity contribution in [1.29, 1.82) is 0 Å². The number of para-hydroxylation sites is 2. The van der Waals surface area contributed by atoms with Gasteiger partial charge in [-0.1, -0.05) is 128 Å². The van der Waals surface area contributed by atoms with Gasteiger partial charge < -0.3 is 25.4 Å². The van der Waals surface area contributed by atoms with Crippen molar-refractivity contribution in [3.63, 3.8) is 0 Å². The van der Waals surface area contributed by atoms with Crippen LogP contribution in [0.5, 0.6) is 5.75 Å². The topological polar surface area (TPSA) is 124 Å². The minimum Gasteiger partial charge on any atom is -0.487 e. The lowest BCUT2D eigenvalue weighted by Gasteiger charge is -2.32. The zero-order valence-electron chi connectivity index (χ0n) is 30.8. The number of nitrogens with one attached hydrogen (secondary N) is 3. The molecule has 0 spiro atoms. The average Bonchev–Trinajstić information content (AvgIpc) is 3.64. The van der Waals surface area contributed by atoms with Crippen LogP contribution < -0.4 is 20.7 Å². The van der Waals surface area contributed by atoms with E-state index >= 15 is 0 Å². The van der Waals surface area contributed by atoms with Crippen molar-refractivity contribution < 1.29 is 23.9 Å². The van der Waals surface area contributed by atoms with E-state index in [4.69, 9.17) is 9.47 Å². The average molecular weight is 736 g/mol. The summed E-state index contributed by atoms with van der Waals surface area (Å²) in [5.41, 5.74) is 3.50. The molecule has 3 amide bonds. The van der Waals surface area contributed by atoms with Crippen molar-refractivity contribution >= 4 is 34.2 Å². The third-order valence-electron chi connectivity index (χ3n) is 9.90. The van der Waals surface area contributed by atoms with Gasteiger partial charge in [0, 0.05) is 6.07 Å². The maximum Gasteiger partial charge on any atom is 0.274 e. The van der Waals surface area contributed by atoms with E-state index < -0.39 is 11.8 Å². The first kappa shape index (κ1) is 37.1. The van der Waals surface area contributed by atoms with E-state index in [9.17, 15) is 14.4 Å². The molecule has 1 aliphatic rings. The lowest BCUT2D eigenvalue weighted by Crippen LogP contribution is -2.47. The summed E-state index contributed by atoms with van der Waals surface area (Å²) >= 11 is 0. The zero-order chi connectivity index (χ0) is 38.0. The van der Waals surface area contributed by atoms with E-state index in [0.29, 0.717) is 24.7 Å². The van der Waals surface area contributed by atoms with Gasteiger partial charge in [0.05, 0.1) is 30.5 Å². The Morgan fingerprint density at radius 1 is 0.764 bits per heavy atom. The molecule has 55 heavy (non-hydrogen) atoms. The molecular formula is C45H45N5O5. The van der Waals surface area contributed by atoms with Crippen LogP contribution >= 0.6 is 0 Å². The smallest absolute Gasteiger partial charge is 0.274 e. The summed E-state index contributed by atoms with van der Waals surface area (Å²) in [6.07, 6.45) is 3.44. The van der Waals surface area contributed by atoms with E-state index in [1.165, 1.54) is 10.7 Å². The molecule has 0 unspecified atom stereocenters.